The third kappa shape index (κ3) is 4.91. The number of ketones is 1. The Labute approximate surface area is 233 Å². The van der Waals surface area contributed by atoms with Crippen molar-refractivity contribution < 1.29 is 14.7 Å². The fraction of sp³-hybridized carbons (Fsp3) is 0.0833. The average Bonchev–Trinajstić information content (AvgIpc) is 3.60. The normalized spacial score (nSPS) is 15.7. The molecule has 0 spiro atoms. The number of carbonyl (C=O) groups excluding carboxylic acids is 2. The van der Waals surface area contributed by atoms with Crippen molar-refractivity contribution in [3.05, 3.63) is 102 Å². The van der Waals surface area contributed by atoms with Crippen molar-refractivity contribution in [3.8, 4) is 0 Å². The van der Waals surface area contributed by atoms with Crippen molar-refractivity contribution in [2.75, 3.05) is 4.90 Å². The lowest BCUT2D eigenvalue weighted by Crippen LogP contribution is -2.31. The Morgan fingerprint density at radius 2 is 1.81 bits per heavy atom. The fourth-order valence-electron chi connectivity index (χ4n) is 3.68. The first-order valence-electron chi connectivity index (χ1n) is 10.3. The number of rotatable bonds is 7. The zero-order valence-corrected chi connectivity index (χ0v) is 22.7. The molecule has 0 saturated carbocycles. The Bertz CT molecular complexity index is 1490. The maximum absolute atomic E-state index is 13.4. The summed E-state index contributed by atoms with van der Waals surface area (Å²) in [6.45, 7) is 0. The first-order valence-corrected chi connectivity index (χ1v) is 14.2. The summed E-state index contributed by atoms with van der Waals surface area (Å²) in [5, 5.41) is 22.6. The van der Waals surface area contributed by atoms with Crippen LogP contribution in [0.4, 0.5) is 5.13 Å². The summed E-state index contributed by atoms with van der Waals surface area (Å²) in [5.74, 6) is -1.24. The Hall–Kier alpha value is -2.40. The Morgan fingerprint density at radius 1 is 1.06 bits per heavy atom. The SMILES string of the molecule is O=C(C1=C(O)C(=O)N(c2nnc(SCc3ccc(Cl)cc3)s2)C1c1ccc(Cl)cc1Cl)c1cccs1. The molecular formula is C24H14Cl3N3O3S3. The highest BCUT2D eigenvalue weighted by Gasteiger charge is 2.47. The molecule has 0 radical (unpaired) electrons. The summed E-state index contributed by atoms with van der Waals surface area (Å²) in [5.41, 5.74) is 1.41. The van der Waals surface area contributed by atoms with Crippen LogP contribution in [0.1, 0.15) is 26.8 Å². The molecule has 1 aliphatic heterocycles. The molecule has 4 aromatic rings. The molecule has 1 atom stereocenters. The second kappa shape index (κ2) is 10.5. The van der Waals surface area contributed by atoms with Crippen LogP contribution in [0.25, 0.3) is 0 Å². The van der Waals surface area contributed by atoms with E-state index in [-0.39, 0.29) is 15.7 Å². The number of hydrogen-bond acceptors (Lipinski definition) is 8. The Kier molecular flexibility index (Phi) is 7.39. The van der Waals surface area contributed by atoms with E-state index in [2.05, 4.69) is 10.2 Å². The molecule has 1 amide bonds. The van der Waals surface area contributed by atoms with E-state index in [4.69, 9.17) is 34.8 Å². The van der Waals surface area contributed by atoms with Gasteiger partial charge in [0.1, 0.15) is 0 Å². The molecular weight excluding hydrogens is 581 g/mol. The molecule has 182 valence electrons. The minimum Gasteiger partial charge on any atom is -0.503 e. The molecule has 2 aromatic carbocycles. The zero-order chi connectivity index (χ0) is 25.4. The molecule has 12 heteroatoms. The van der Waals surface area contributed by atoms with Gasteiger partial charge >= 0.3 is 0 Å². The van der Waals surface area contributed by atoms with Crippen LogP contribution in [-0.2, 0) is 10.5 Å². The molecule has 5 rings (SSSR count). The summed E-state index contributed by atoms with van der Waals surface area (Å²) in [4.78, 5) is 28.3. The number of amides is 1. The van der Waals surface area contributed by atoms with E-state index in [1.807, 2.05) is 24.3 Å². The number of nitrogens with zero attached hydrogens (tertiary/aromatic N) is 3. The fourth-order valence-corrected chi connectivity index (χ4v) is 6.82. The highest BCUT2D eigenvalue weighted by molar-refractivity contribution is 8.00. The summed E-state index contributed by atoms with van der Waals surface area (Å²) < 4.78 is 0.617. The third-order valence-electron chi connectivity index (χ3n) is 5.33. The second-order valence-electron chi connectivity index (χ2n) is 7.58. The molecule has 1 aliphatic rings. The number of hydrogen-bond donors (Lipinski definition) is 1. The summed E-state index contributed by atoms with van der Waals surface area (Å²) in [6.07, 6.45) is 0. The molecule has 0 bridgehead atoms. The molecule has 0 saturated heterocycles. The van der Waals surface area contributed by atoms with Gasteiger partial charge in [-0.05, 0) is 46.8 Å². The Morgan fingerprint density at radius 3 is 2.50 bits per heavy atom. The van der Waals surface area contributed by atoms with Crippen LogP contribution < -0.4 is 4.90 Å². The number of anilines is 1. The van der Waals surface area contributed by atoms with Crippen LogP contribution in [0, 0.1) is 0 Å². The van der Waals surface area contributed by atoms with Crippen molar-refractivity contribution >= 4 is 86.1 Å². The number of carbonyl (C=O) groups is 2. The van der Waals surface area contributed by atoms with Gasteiger partial charge < -0.3 is 5.11 Å². The van der Waals surface area contributed by atoms with E-state index in [0.29, 0.717) is 30.6 Å². The van der Waals surface area contributed by atoms with Gasteiger partial charge in [0.15, 0.2) is 10.1 Å². The van der Waals surface area contributed by atoms with Crippen LogP contribution >= 0.6 is 69.2 Å². The number of benzene rings is 2. The van der Waals surface area contributed by atoms with Gasteiger partial charge in [0.2, 0.25) is 10.9 Å². The zero-order valence-electron chi connectivity index (χ0n) is 18.0. The van der Waals surface area contributed by atoms with Crippen molar-refractivity contribution in [3.63, 3.8) is 0 Å². The number of thiophene rings is 1. The predicted molar refractivity (Wildman–Crippen MR) is 146 cm³/mol. The smallest absolute Gasteiger partial charge is 0.296 e. The highest BCUT2D eigenvalue weighted by Crippen LogP contribution is 2.46. The van der Waals surface area contributed by atoms with Crippen molar-refractivity contribution in [1.29, 1.82) is 0 Å². The van der Waals surface area contributed by atoms with Gasteiger partial charge in [-0.1, -0.05) is 82.2 Å². The topological polar surface area (TPSA) is 83.4 Å². The largest absolute Gasteiger partial charge is 0.503 e. The number of aliphatic hydroxyl groups is 1. The van der Waals surface area contributed by atoms with Crippen LogP contribution in [0.2, 0.25) is 15.1 Å². The summed E-state index contributed by atoms with van der Waals surface area (Å²) in [6, 6.07) is 14.6. The van der Waals surface area contributed by atoms with Gasteiger partial charge in [0.05, 0.1) is 16.5 Å². The lowest BCUT2D eigenvalue weighted by atomic mass is 9.95. The number of halogens is 3. The van der Waals surface area contributed by atoms with Crippen molar-refractivity contribution in [1.82, 2.24) is 10.2 Å². The number of aliphatic hydroxyl groups excluding tert-OH is 1. The summed E-state index contributed by atoms with van der Waals surface area (Å²) in [7, 11) is 0. The molecule has 0 fully saturated rings. The van der Waals surface area contributed by atoms with Gasteiger partial charge in [-0.3, -0.25) is 14.5 Å². The highest BCUT2D eigenvalue weighted by atomic mass is 35.5. The molecule has 36 heavy (non-hydrogen) atoms. The van der Waals surface area contributed by atoms with E-state index in [9.17, 15) is 14.7 Å². The van der Waals surface area contributed by atoms with Crippen LogP contribution in [-0.4, -0.2) is 27.0 Å². The minimum atomic E-state index is -1.00. The maximum Gasteiger partial charge on any atom is 0.296 e. The molecule has 3 heterocycles. The van der Waals surface area contributed by atoms with Crippen LogP contribution in [0.3, 0.4) is 0 Å². The van der Waals surface area contributed by atoms with Gasteiger partial charge in [0, 0.05) is 20.8 Å². The maximum atomic E-state index is 13.4. The molecule has 6 nitrogen and oxygen atoms in total. The number of thioether (sulfide) groups is 1. The molecule has 0 aliphatic carbocycles. The van der Waals surface area contributed by atoms with Crippen LogP contribution in [0.5, 0.6) is 0 Å². The van der Waals surface area contributed by atoms with E-state index in [1.165, 1.54) is 45.4 Å². The monoisotopic (exact) mass is 593 g/mol. The summed E-state index contributed by atoms with van der Waals surface area (Å²) >= 11 is 22.4. The van der Waals surface area contributed by atoms with Crippen molar-refractivity contribution in [2.45, 2.75) is 16.1 Å². The van der Waals surface area contributed by atoms with Crippen molar-refractivity contribution in [2.24, 2.45) is 0 Å². The van der Waals surface area contributed by atoms with E-state index >= 15 is 0 Å². The number of aromatic nitrogens is 2. The molecule has 2 aromatic heterocycles. The standard InChI is InChI=1S/C24H14Cl3N3O3S3/c25-13-5-3-12(4-6-13)11-35-24-29-28-23(36-24)30-19(15-8-7-14(26)10-16(15)27)18(21(32)22(30)33)20(31)17-2-1-9-34-17/h1-10,19,32H,11H2. The van der Waals surface area contributed by atoms with Gasteiger partial charge in [0.25, 0.3) is 5.91 Å². The van der Waals surface area contributed by atoms with Gasteiger partial charge in [-0.15, -0.1) is 21.5 Å². The van der Waals surface area contributed by atoms with Gasteiger partial charge in [-0.25, -0.2) is 0 Å². The first kappa shape index (κ1) is 25.3. The minimum absolute atomic E-state index is 0.0720. The lowest BCUT2D eigenvalue weighted by molar-refractivity contribution is -0.117. The quantitative estimate of drug-likeness (QED) is 0.135. The lowest BCUT2D eigenvalue weighted by Gasteiger charge is -2.24. The second-order valence-corrected chi connectivity index (χ2v) is 12.0. The van der Waals surface area contributed by atoms with E-state index < -0.39 is 23.5 Å². The molecule has 1 N–H and O–H groups in total. The third-order valence-corrected chi connectivity index (χ3v) is 9.14. The Balaban J connectivity index is 1.51. The van der Waals surface area contributed by atoms with E-state index in [1.54, 1.807) is 29.6 Å². The van der Waals surface area contributed by atoms with Gasteiger partial charge in [-0.2, -0.15) is 0 Å². The molecule has 1 unspecified atom stereocenters. The average molecular weight is 595 g/mol. The number of Topliss-reactive ketones (excluding diaryl/α,β-unsaturated/α-hetero) is 1. The van der Waals surface area contributed by atoms with Crippen LogP contribution in [0.15, 0.2) is 75.6 Å². The predicted octanol–water partition coefficient (Wildman–Crippen LogP) is 7.64. The van der Waals surface area contributed by atoms with E-state index in [0.717, 1.165) is 5.56 Å². The first-order chi connectivity index (χ1) is 17.3.